The third-order valence-electron chi connectivity index (χ3n) is 2.33. The smallest absolute Gasteiger partial charge is 0.0947 e. The van der Waals surface area contributed by atoms with Crippen molar-refractivity contribution in [3.63, 3.8) is 0 Å². The van der Waals surface area contributed by atoms with Crippen LogP contribution in [0.5, 0.6) is 0 Å². The quantitative estimate of drug-likeness (QED) is 0.349. The Morgan fingerprint density at radius 1 is 1.57 bits per heavy atom. The molecule has 0 aromatic rings. The molecule has 0 aliphatic rings. The molecular formula is C10H23N3O. The Kier molecular flexibility index (Phi) is 7.42. The fourth-order valence-electron chi connectivity index (χ4n) is 1.30. The van der Waals surface area contributed by atoms with Crippen LogP contribution >= 0.6 is 0 Å². The van der Waals surface area contributed by atoms with Crippen LogP contribution in [-0.2, 0) is 4.74 Å². The molecule has 4 heteroatoms. The van der Waals surface area contributed by atoms with E-state index in [1.54, 1.807) is 7.11 Å². The van der Waals surface area contributed by atoms with Crippen molar-refractivity contribution < 1.29 is 4.74 Å². The number of methoxy groups -OCH3 is 1. The summed E-state index contributed by atoms with van der Waals surface area (Å²) >= 11 is 0. The molecule has 0 spiro atoms. The molecule has 0 aliphatic heterocycles. The second-order valence-electron chi connectivity index (χ2n) is 3.60. The summed E-state index contributed by atoms with van der Waals surface area (Å²) < 4.78 is 5.00. The predicted molar refractivity (Wildman–Crippen MR) is 59.7 cm³/mol. The maximum atomic E-state index is 7.31. The van der Waals surface area contributed by atoms with Crippen LogP contribution in [0.3, 0.4) is 0 Å². The molecule has 0 amide bonds. The lowest BCUT2D eigenvalue weighted by Crippen LogP contribution is -2.35. The summed E-state index contributed by atoms with van der Waals surface area (Å²) in [5.41, 5.74) is 5.43. The second-order valence-corrected chi connectivity index (χ2v) is 3.60. The molecule has 0 fully saturated rings. The molecule has 14 heavy (non-hydrogen) atoms. The average molecular weight is 201 g/mol. The molecule has 0 aliphatic carbocycles. The van der Waals surface area contributed by atoms with Crippen molar-refractivity contribution in [2.24, 2.45) is 11.7 Å². The van der Waals surface area contributed by atoms with Crippen LogP contribution in [0.15, 0.2) is 0 Å². The van der Waals surface area contributed by atoms with Gasteiger partial charge in [0, 0.05) is 32.7 Å². The molecule has 0 bridgehead atoms. The number of hydrogen-bond acceptors (Lipinski definition) is 3. The number of nitrogens with zero attached hydrogens (tertiary/aromatic N) is 1. The van der Waals surface area contributed by atoms with Crippen LogP contribution < -0.4 is 5.73 Å². The van der Waals surface area contributed by atoms with Crippen LogP contribution in [0.1, 0.15) is 20.3 Å². The van der Waals surface area contributed by atoms with E-state index in [0.717, 1.165) is 32.7 Å². The largest absolute Gasteiger partial charge is 0.387 e. The number of hydrogen-bond donors (Lipinski definition) is 2. The zero-order chi connectivity index (χ0) is 11.0. The Morgan fingerprint density at radius 2 is 2.21 bits per heavy atom. The highest BCUT2D eigenvalue weighted by Crippen LogP contribution is 2.00. The molecule has 0 rings (SSSR count). The Balaban J connectivity index is 3.72. The van der Waals surface area contributed by atoms with Crippen LogP contribution in [0.4, 0.5) is 0 Å². The zero-order valence-corrected chi connectivity index (χ0v) is 9.55. The van der Waals surface area contributed by atoms with Gasteiger partial charge in [0.05, 0.1) is 5.84 Å². The molecule has 0 radical (unpaired) electrons. The number of nitrogens with two attached hydrogens (primary N) is 1. The lowest BCUT2D eigenvalue weighted by atomic mass is 10.1. The highest BCUT2D eigenvalue weighted by atomic mass is 16.5. The van der Waals surface area contributed by atoms with E-state index >= 15 is 0 Å². The molecule has 84 valence electrons. The normalized spacial score (nSPS) is 13.1. The van der Waals surface area contributed by atoms with Crippen molar-refractivity contribution in [3.05, 3.63) is 0 Å². The van der Waals surface area contributed by atoms with Crippen LogP contribution in [0.2, 0.25) is 0 Å². The third kappa shape index (κ3) is 5.94. The lowest BCUT2D eigenvalue weighted by Gasteiger charge is -2.23. The lowest BCUT2D eigenvalue weighted by molar-refractivity contribution is 0.171. The zero-order valence-electron chi connectivity index (χ0n) is 9.55. The second kappa shape index (κ2) is 7.76. The fourth-order valence-corrected chi connectivity index (χ4v) is 1.30. The highest BCUT2D eigenvalue weighted by Gasteiger charge is 2.10. The first-order valence-corrected chi connectivity index (χ1v) is 5.17. The summed E-state index contributed by atoms with van der Waals surface area (Å²) in [5, 5.41) is 7.31. The maximum Gasteiger partial charge on any atom is 0.0947 e. The van der Waals surface area contributed by atoms with Gasteiger partial charge in [0.25, 0.3) is 0 Å². The number of ether oxygens (including phenoxy) is 1. The molecule has 0 saturated carbocycles. The van der Waals surface area contributed by atoms with Gasteiger partial charge in [-0.25, -0.2) is 0 Å². The molecule has 1 atom stereocenters. The van der Waals surface area contributed by atoms with Gasteiger partial charge in [-0.3, -0.25) is 5.41 Å². The van der Waals surface area contributed by atoms with Crippen molar-refractivity contribution in [1.82, 2.24) is 4.90 Å². The van der Waals surface area contributed by atoms with Gasteiger partial charge in [-0.1, -0.05) is 13.8 Å². The Hall–Kier alpha value is -0.610. The van der Waals surface area contributed by atoms with Crippen LogP contribution in [-0.4, -0.2) is 44.1 Å². The summed E-state index contributed by atoms with van der Waals surface area (Å²) in [6, 6.07) is 0. The standard InChI is InChI=1S/C10H23N3O/c1-4-13(6-5-7-14-3)8-9(2)10(11)12/h9H,4-8H2,1-3H3,(H3,11,12). The SMILES string of the molecule is CCN(CCCOC)CC(C)C(=N)N. The van der Waals surface area contributed by atoms with E-state index in [4.69, 9.17) is 15.9 Å². The molecular weight excluding hydrogens is 178 g/mol. The van der Waals surface area contributed by atoms with Crippen molar-refractivity contribution in [2.75, 3.05) is 33.4 Å². The van der Waals surface area contributed by atoms with Gasteiger partial charge in [-0.05, 0) is 13.0 Å². The van der Waals surface area contributed by atoms with Gasteiger partial charge < -0.3 is 15.4 Å². The molecule has 3 N–H and O–H groups in total. The molecule has 4 nitrogen and oxygen atoms in total. The first-order valence-electron chi connectivity index (χ1n) is 5.17. The monoisotopic (exact) mass is 201 g/mol. The molecule has 0 heterocycles. The topological polar surface area (TPSA) is 62.3 Å². The van der Waals surface area contributed by atoms with Gasteiger partial charge >= 0.3 is 0 Å². The van der Waals surface area contributed by atoms with Gasteiger partial charge in [-0.15, -0.1) is 0 Å². The minimum atomic E-state index is 0.150. The summed E-state index contributed by atoms with van der Waals surface area (Å²) in [6.45, 7) is 7.80. The van der Waals surface area contributed by atoms with Gasteiger partial charge in [0.2, 0.25) is 0 Å². The van der Waals surface area contributed by atoms with E-state index in [1.165, 1.54) is 0 Å². The highest BCUT2D eigenvalue weighted by molar-refractivity contribution is 5.79. The van der Waals surface area contributed by atoms with Crippen molar-refractivity contribution in [3.8, 4) is 0 Å². The van der Waals surface area contributed by atoms with Crippen molar-refractivity contribution in [1.29, 1.82) is 5.41 Å². The summed E-state index contributed by atoms with van der Waals surface area (Å²) in [5.74, 6) is 0.424. The Morgan fingerprint density at radius 3 is 2.64 bits per heavy atom. The summed E-state index contributed by atoms with van der Waals surface area (Å²) in [4.78, 5) is 2.30. The van der Waals surface area contributed by atoms with E-state index in [0.29, 0.717) is 0 Å². The molecule has 0 saturated heterocycles. The third-order valence-corrected chi connectivity index (χ3v) is 2.33. The van der Waals surface area contributed by atoms with E-state index in [2.05, 4.69) is 11.8 Å². The summed E-state index contributed by atoms with van der Waals surface area (Å²) in [6.07, 6.45) is 1.04. The number of rotatable bonds is 8. The average Bonchev–Trinajstić information content (AvgIpc) is 2.16. The molecule has 0 aromatic heterocycles. The van der Waals surface area contributed by atoms with E-state index in [9.17, 15) is 0 Å². The predicted octanol–water partition coefficient (Wildman–Crippen LogP) is 0.917. The first-order chi connectivity index (χ1) is 6.61. The Bertz CT molecular complexity index is 161. The van der Waals surface area contributed by atoms with E-state index in [-0.39, 0.29) is 11.8 Å². The van der Waals surface area contributed by atoms with Crippen molar-refractivity contribution in [2.45, 2.75) is 20.3 Å². The number of amidine groups is 1. The van der Waals surface area contributed by atoms with Gasteiger partial charge in [0.1, 0.15) is 0 Å². The minimum absolute atomic E-state index is 0.150. The minimum Gasteiger partial charge on any atom is -0.387 e. The Labute approximate surface area is 86.9 Å². The fraction of sp³-hybridized carbons (Fsp3) is 0.900. The summed E-state index contributed by atoms with van der Waals surface area (Å²) in [7, 11) is 1.72. The van der Waals surface area contributed by atoms with Crippen LogP contribution in [0.25, 0.3) is 0 Å². The number of nitrogens with one attached hydrogen (secondary N) is 1. The first kappa shape index (κ1) is 13.4. The van der Waals surface area contributed by atoms with E-state index in [1.807, 2.05) is 6.92 Å². The maximum absolute atomic E-state index is 7.31. The molecule has 1 unspecified atom stereocenters. The van der Waals surface area contributed by atoms with Gasteiger partial charge in [0.15, 0.2) is 0 Å². The van der Waals surface area contributed by atoms with Gasteiger partial charge in [-0.2, -0.15) is 0 Å². The molecule has 0 aromatic carbocycles. The van der Waals surface area contributed by atoms with E-state index < -0.39 is 0 Å². The van der Waals surface area contributed by atoms with Crippen LogP contribution in [0, 0.1) is 11.3 Å². The van der Waals surface area contributed by atoms with Crippen molar-refractivity contribution >= 4 is 5.84 Å².